The monoisotopic (exact) mass is 314 g/mol. The number of likely N-dealkylation sites (N-methyl/N-ethyl adjacent to an activating group) is 1. The van der Waals surface area contributed by atoms with Gasteiger partial charge in [-0.15, -0.1) is 0 Å². The largest absolute Gasteiger partial charge is 0.435 e. The zero-order valence-electron chi connectivity index (χ0n) is 13.1. The van der Waals surface area contributed by atoms with E-state index < -0.39 is 6.61 Å². The summed E-state index contributed by atoms with van der Waals surface area (Å²) in [6.45, 7) is 1.13. The summed E-state index contributed by atoms with van der Waals surface area (Å²) in [7, 11) is 1.93. The molecule has 0 saturated heterocycles. The SMILES string of the molecule is CCCCN(C)CC(=O)NCCc1ccc(OC(F)F)cc1. The second kappa shape index (κ2) is 10.1. The van der Waals surface area contributed by atoms with E-state index in [2.05, 4.69) is 17.0 Å². The first-order chi connectivity index (χ1) is 10.5. The Morgan fingerprint density at radius 2 is 2.00 bits per heavy atom. The van der Waals surface area contributed by atoms with E-state index in [4.69, 9.17) is 0 Å². The Morgan fingerprint density at radius 3 is 2.59 bits per heavy atom. The van der Waals surface area contributed by atoms with Crippen LogP contribution in [0.2, 0.25) is 0 Å². The number of hydrogen-bond acceptors (Lipinski definition) is 3. The van der Waals surface area contributed by atoms with Crippen molar-refractivity contribution in [3.8, 4) is 5.75 Å². The van der Waals surface area contributed by atoms with E-state index in [9.17, 15) is 13.6 Å². The van der Waals surface area contributed by atoms with Crippen LogP contribution in [0.5, 0.6) is 5.75 Å². The quantitative estimate of drug-likeness (QED) is 0.722. The zero-order valence-corrected chi connectivity index (χ0v) is 13.1. The van der Waals surface area contributed by atoms with E-state index >= 15 is 0 Å². The first-order valence-electron chi connectivity index (χ1n) is 7.50. The molecule has 0 radical (unpaired) electrons. The predicted molar refractivity (Wildman–Crippen MR) is 82.2 cm³/mol. The number of nitrogens with zero attached hydrogens (tertiary/aromatic N) is 1. The molecule has 6 heteroatoms. The van der Waals surface area contributed by atoms with Gasteiger partial charge < -0.3 is 10.1 Å². The molecule has 124 valence electrons. The first-order valence-corrected chi connectivity index (χ1v) is 7.50. The molecule has 0 saturated carbocycles. The van der Waals surface area contributed by atoms with Crippen molar-refractivity contribution in [2.45, 2.75) is 32.8 Å². The summed E-state index contributed by atoms with van der Waals surface area (Å²) in [5.74, 6) is 0.136. The molecule has 1 rings (SSSR count). The lowest BCUT2D eigenvalue weighted by Crippen LogP contribution is -2.36. The molecule has 0 aliphatic heterocycles. The normalized spacial score (nSPS) is 11.0. The molecule has 4 nitrogen and oxygen atoms in total. The average molecular weight is 314 g/mol. The van der Waals surface area contributed by atoms with Gasteiger partial charge in [-0.2, -0.15) is 8.78 Å². The maximum Gasteiger partial charge on any atom is 0.387 e. The third-order valence-corrected chi connectivity index (χ3v) is 3.19. The number of hydrogen-bond donors (Lipinski definition) is 1. The van der Waals surface area contributed by atoms with Gasteiger partial charge in [0, 0.05) is 6.54 Å². The summed E-state index contributed by atoms with van der Waals surface area (Å²) in [5.41, 5.74) is 0.959. The van der Waals surface area contributed by atoms with Crippen molar-refractivity contribution in [1.29, 1.82) is 0 Å². The molecule has 22 heavy (non-hydrogen) atoms. The van der Waals surface area contributed by atoms with Gasteiger partial charge in [0.15, 0.2) is 0 Å². The minimum atomic E-state index is -2.81. The van der Waals surface area contributed by atoms with Gasteiger partial charge in [-0.3, -0.25) is 9.69 Å². The molecule has 0 aliphatic carbocycles. The highest BCUT2D eigenvalue weighted by Crippen LogP contribution is 2.14. The van der Waals surface area contributed by atoms with E-state index in [1.165, 1.54) is 12.1 Å². The number of carbonyl (C=O) groups excluding carboxylic acids is 1. The van der Waals surface area contributed by atoms with Crippen LogP contribution in [-0.2, 0) is 11.2 Å². The van der Waals surface area contributed by atoms with Gasteiger partial charge in [-0.25, -0.2) is 0 Å². The Morgan fingerprint density at radius 1 is 1.32 bits per heavy atom. The van der Waals surface area contributed by atoms with E-state index in [0.717, 1.165) is 24.9 Å². The van der Waals surface area contributed by atoms with E-state index in [1.807, 2.05) is 11.9 Å². The summed E-state index contributed by atoms with van der Waals surface area (Å²) >= 11 is 0. The van der Waals surface area contributed by atoms with Gasteiger partial charge in [0.25, 0.3) is 0 Å². The minimum Gasteiger partial charge on any atom is -0.435 e. The number of rotatable bonds is 10. The van der Waals surface area contributed by atoms with Crippen molar-refractivity contribution in [2.24, 2.45) is 0 Å². The van der Waals surface area contributed by atoms with Crippen LogP contribution in [0, 0.1) is 0 Å². The summed E-state index contributed by atoms with van der Waals surface area (Å²) in [4.78, 5) is 13.7. The standard InChI is InChI=1S/C16H24F2N2O2/c1-3-4-11-20(2)12-15(21)19-10-9-13-5-7-14(8-6-13)22-16(17)18/h5-8,16H,3-4,9-12H2,1-2H3,(H,19,21). The third kappa shape index (κ3) is 7.93. The van der Waals surface area contributed by atoms with Crippen LogP contribution >= 0.6 is 0 Å². The van der Waals surface area contributed by atoms with Crippen LogP contribution in [0.15, 0.2) is 24.3 Å². The fourth-order valence-electron chi connectivity index (χ4n) is 1.99. The maximum atomic E-state index is 12.0. The van der Waals surface area contributed by atoms with Crippen molar-refractivity contribution in [3.63, 3.8) is 0 Å². The highest BCUT2D eigenvalue weighted by molar-refractivity contribution is 5.77. The number of unbranched alkanes of at least 4 members (excludes halogenated alkanes) is 1. The van der Waals surface area contributed by atoms with Crippen molar-refractivity contribution in [2.75, 3.05) is 26.7 Å². The minimum absolute atomic E-state index is 0.00347. The number of ether oxygens (including phenoxy) is 1. The number of halogens is 2. The molecule has 0 heterocycles. The number of benzene rings is 1. The van der Waals surface area contributed by atoms with Gasteiger partial charge >= 0.3 is 6.61 Å². The molecular weight excluding hydrogens is 290 g/mol. The van der Waals surface area contributed by atoms with Gasteiger partial charge in [0.05, 0.1) is 6.54 Å². The van der Waals surface area contributed by atoms with Crippen molar-refractivity contribution in [3.05, 3.63) is 29.8 Å². The lowest BCUT2D eigenvalue weighted by Gasteiger charge is -2.15. The van der Waals surface area contributed by atoms with E-state index in [0.29, 0.717) is 19.5 Å². The first kappa shape index (κ1) is 18.4. The Bertz CT molecular complexity index is 438. The van der Waals surface area contributed by atoms with Crippen molar-refractivity contribution in [1.82, 2.24) is 10.2 Å². The van der Waals surface area contributed by atoms with Crippen LogP contribution in [-0.4, -0.2) is 44.1 Å². The van der Waals surface area contributed by atoms with Crippen LogP contribution < -0.4 is 10.1 Å². The molecule has 0 atom stereocenters. The second-order valence-corrected chi connectivity index (χ2v) is 5.21. The van der Waals surface area contributed by atoms with Gasteiger partial charge in [-0.05, 0) is 44.1 Å². The molecule has 0 aliphatic rings. The number of alkyl halides is 2. The summed E-state index contributed by atoms with van der Waals surface area (Å²) < 4.78 is 28.3. The molecule has 0 aromatic heterocycles. The van der Waals surface area contributed by atoms with E-state index in [1.54, 1.807) is 12.1 Å². The lowest BCUT2D eigenvalue weighted by atomic mass is 10.1. The molecule has 1 aromatic carbocycles. The zero-order chi connectivity index (χ0) is 16.4. The Hall–Kier alpha value is -1.69. The molecule has 0 unspecified atom stereocenters. The van der Waals surface area contributed by atoms with E-state index in [-0.39, 0.29) is 11.7 Å². The summed E-state index contributed by atoms with van der Waals surface area (Å²) in [6.07, 6.45) is 2.84. The molecule has 0 bridgehead atoms. The highest BCUT2D eigenvalue weighted by Gasteiger charge is 2.06. The molecular formula is C16H24F2N2O2. The van der Waals surface area contributed by atoms with Crippen LogP contribution in [0.4, 0.5) is 8.78 Å². The lowest BCUT2D eigenvalue weighted by molar-refractivity contribution is -0.121. The maximum absolute atomic E-state index is 12.0. The van der Waals surface area contributed by atoms with Gasteiger partial charge in [0.1, 0.15) is 5.75 Å². The van der Waals surface area contributed by atoms with Crippen LogP contribution in [0.1, 0.15) is 25.3 Å². The number of carbonyl (C=O) groups is 1. The molecule has 1 N–H and O–H groups in total. The van der Waals surface area contributed by atoms with Crippen molar-refractivity contribution >= 4 is 5.91 Å². The molecule has 0 spiro atoms. The van der Waals surface area contributed by atoms with Gasteiger partial charge in [0.2, 0.25) is 5.91 Å². The predicted octanol–water partition coefficient (Wildman–Crippen LogP) is 2.68. The molecule has 1 amide bonds. The highest BCUT2D eigenvalue weighted by atomic mass is 19.3. The molecule has 0 fully saturated rings. The second-order valence-electron chi connectivity index (χ2n) is 5.21. The van der Waals surface area contributed by atoms with Gasteiger partial charge in [-0.1, -0.05) is 25.5 Å². The number of amides is 1. The van der Waals surface area contributed by atoms with Crippen LogP contribution in [0.25, 0.3) is 0 Å². The fraction of sp³-hybridized carbons (Fsp3) is 0.562. The Labute approximate surface area is 130 Å². The molecule has 1 aromatic rings. The van der Waals surface area contributed by atoms with Crippen LogP contribution in [0.3, 0.4) is 0 Å². The topological polar surface area (TPSA) is 41.6 Å². The third-order valence-electron chi connectivity index (χ3n) is 3.19. The Kier molecular flexibility index (Phi) is 8.43. The fourth-order valence-corrected chi connectivity index (χ4v) is 1.99. The average Bonchev–Trinajstić information content (AvgIpc) is 2.46. The van der Waals surface area contributed by atoms with Crippen molar-refractivity contribution < 1.29 is 18.3 Å². The summed E-state index contributed by atoms with van der Waals surface area (Å²) in [5, 5.41) is 2.85. The number of nitrogens with one attached hydrogen (secondary N) is 1. The summed E-state index contributed by atoms with van der Waals surface area (Å²) in [6, 6.07) is 6.44. The smallest absolute Gasteiger partial charge is 0.387 e. The Balaban J connectivity index is 2.24.